The van der Waals surface area contributed by atoms with E-state index in [4.69, 9.17) is 4.74 Å². The van der Waals surface area contributed by atoms with Gasteiger partial charge in [0.2, 0.25) is 0 Å². The third kappa shape index (κ3) is 3.06. The van der Waals surface area contributed by atoms with Gasteiger partial charge in [0.15, 0.2) is 0 Å². The van der Waals surface area contributed by atoms with Gasteiger partial charge >= 0.3 is 0 Å². The van der Waals surface area contributed by atoms with Crippen LogP contribution in [0.5, 0.6) is 0 Å². The second-order valence-electron chi connectivity index (χ2n) is 5.66. The van der Waals surface area contributed by atoms with Crippen molar-refractivity contribution in [1.82, 2.24) is 0 Å². The van der Waals surface area contributed by atoms with Crippen molar-refractivity contribution in [3.05, 3.63) is 47.2 Å². The minimum absolute atomic E-state index is 0.299. The Kier molecular flexibility index (Phi) is 3.04. The molecule has 0 aliphatic carbocycles. The van der Waals surface area contributed by atoms with Crippen molar-refractivity contribution in [3.63, 3.8) is 0 Å². The topological polar surface area (TPSA) is 12.5 Å². The van der Waals surface area contributed by atoms with Crippen molar-refractivity contribution in [1.29, 1.82) is 0 Å². The molecule has 16 heavy (non-hydrogen) atoms. The SMILES string of the molecule is Cc1ccc([C@H]2O[C@H]2/C=C/[Si](C)(C)C)cc1. The largest absolute Gasteiger partial charge is 0.360 e. The van der Waals surface area contributed by atoms with Crippen molar-refractivity contribution < 1.29 is 4.74 Å². The quantitative estimate of drug-likeness (QED) is 0.569. The van der Waals surface area contributed by atoms with Crippen LogP contribution >= 0.6 is 0 Å². The summed E-state index contributed by atoms with van der Waals surface area (Å²) in [4.78, 5) is 0. The molecule has 0 unspecified atom stereocenters. The molecule has 0 aromatic heterocycles. The summed E-state index contributed by atoms with van der Waals surface area (Å²) >= 11 is 0. The lowest BCUT2D eigenvalue weighted by atomic mass is 10.1. The van der Waals surface area contributed by atoms with E-state index in [1.54, 1.807) is 0 Å². The van der Waals surface area contributed by atoms with Gasteiger partial charge in [-0.15, -0.1) is 0 Å². The predicted molar refractivity (Wildman–Crippen MR) is 71.3 cm³/mol. The van der Waals surface area contributed by atoms with Gasteiger partial charge in [0.25, 0.3) is 0 Å². The lowest BCUT2D eigenvalue weighted by molar-refractivity contribution is 0.394. The molecule has 2 heteroatoms. The Bertz CT molecular complexity index is 386. The Morgan fingerprint density at radius 2 is 1.75 bits per heavy atom. The van der Waals surface area contributed by atoms with Crippen molar-refractivity contribution >= 4 is 8.07 Å². The van der Waals surface area contributed by atoms with E-state index in [1.807, 2.05) is 0 Å². The second-order valence-corrected chi connectivity index (χ2v) is 10.7. The van der Waals surface area contributed by atoms with Crippen LogP contribution in [-0.2, 0) is 4.74 Å². The molecule has 1 nitrogen and oxygen atoms in total. The third-order valence-electron chi connectivity index (χ3n) is 2.72. The van der Waals surface area contributed by atoms with Crippen LogP contribution in [0.2, 0.25) is 19.6 Å². The number of rotatable bonds is 3. The molecular weight excluding hydrogens is 212 g/mol. The molecule has 1 saturated heterocycles. The zero-order valence-electron chi connectivity index (χ0n) is 10.5. The first kappa shape index (κ1) is 11.6. The van der Waals surface area contributed by atoms with Crippen LogP contribution in [0.3, 0.4) is 0 Å². The van der Waals surface area contributed by atoms with Gasteiger partial charge in [-0.3, -0.25) is 0 Å². The summed E-state index contributed by atoms with van der Waals surface area (Å²) in [5, 5.41) is 0. The van der Waals surface area contributed by atoms with Crippen LogP contribution < -0.4 is 0 Å². The predicted octanol–water partition coefficient (Wildman–Crippen LogP) is 3.87. The van der Waals surface area contributed by atoms with Crippen LogP contribution in [0, 0.1) is 6.92 Å². The highest BCUT2D eigenvalue weighted by Gasteiger charge is 2.37. The van der Waals surface area contributed by atoms with Crippen LogP contribution in [0.4, 0.5) is 0 Å². The van der Waals surface area contributed by atoms with E-state index in [0.717, 1.165) is 0 Å². The second kappa shape index (κ2) is 4.19. The average Bonchev–Trinajstić information content (AvgIpc) is 2.94. The van der Waals surface area contributed by atoms with Gasteiger partial charge in [-0.25, -0.2) is 0 Å². The van der Waals surface area contributed by atoms with Gasteiger partial charge in [0.05, 0.1) is 8.07 Å². The first-order valence-electron chi connectivity index (χ1n) is 5.87. The first-order valence-corrected chi connectivity index (χ1v) is 9.45. The molecule has 0 spiro atoms. The minimum atomic E-state index is -1.08. The van der Waals surface area contributed by atoms with Crippen molar-refractivity contribution in [2.45, 2.75) is 38.8 Å². The average molecular weight is 232 g/mol. The van der Waals surface area contributed by atoms with Crippen LogP contribution in [0.25, 0.3) is 0 Å². The summed E-state index contributed by atoms with van der Waals surface area (Å²) in [6.45, 7) is 9.13. The van der Waals surface area contributed by atoms with Gasteiger partial charge in [0.1, 0.15) is 12.2 Å². The molecule has 1 aliphatic heterocycles. The van der Waals surface area contributed by atoms with E-state index in [9.17, 15) is 0 Å². The summed E-state index contributed by atoms with van der Waals surface area (Å²) in [5.41, 5.74) is 4.97. The number of epoxide rings is 1. The van der Waals surface area contributed by atoms with Crippen LogP contribution in [0.15, 0.2) is 36.0 Å². The van der Waals surface area contributed by atoms with Crippen molar-refractivity contribution in [2.75, 3.05) is 0 Å². The molecule has 0 saturated carbocycles. The van der Waals surface area contributed by atoms with E-state index in [1.165, 1.54) is 11.1 Å². The highest BCUT2D eigenvalue weighted by molar-refractivity contribution is 6.80. The highest BCUT2D eigenvalue weighted by Crippen LogP contribution is 2.39. The number of aryl methyl sites for hydroxylation is 1. The zero-order chi connectivity index (χ0) is 11.8. The lowest BCUT2D eigenvalue weighted by Gasteiger charge is -2.07. The van der Waals surface area contributed by atoms with E-state index >= 15 is 0 Å². The molecule has 1 aromatic carbocycles. The molecule has 2 rings (SSSR count). The maximum Gasteiger partial charge on any atom is 0.113 e. The van der Waals surface area contributed by atoms with Crippen molar-refractivity contribution in [2.24, 2.45) is 0 Å². The summed E-state index contributed by atoms with van der Waals surface area (Å²) < 4.78 is 5.67. The van der Waals surface area contributed by atoms with Gasteiger partial charge < -0.3 is 4.74 Å². The molecule has 1 heterocycles. The van der Waals surface area contributed by atoms with E-state index in [2.05, 4.69) is 62.6 Å². The molecule has 0 N–H and O–H groups in total. The molecule has 1 fully saturated rings. The number of ether oxygens (including phenoxy) is 1. The van der Waals surface area contributed by atoms with Gasteiger partial charge in [-0.05, 0) is 12.5 Å². The summed E-state index contributed by atoms with van der Waals surface area (Å²) in [6, 6.07) is 8.64. The number of benzene rings is 1. The van der Waals surface area contributed by atoms with E-state index < -0.39 is 8.07 Å². The molecule has 1 aliphatic rings. The highest BCUT2D eigenvalue weighted by atomic mass is 28.3. The Morgan fingerprint density at radius 1 is 1.12 bits per heavy atom. The van der Waals surface area contributed by atoms with Crippen LogP contribution in [0.1, 0.15) is 17.2 Å². The van der Waals surface area contributed by atoms with Crippen molar-refractivity contribution in [3.8, 4) is 0 Å². The molecule has 0 bridgehead atoms. The molecular formula is C14H20OSi. The zero-order valence-corrected chi connectivity index (χ0v) is 11.5. The fraction of sp³-hybridized carbons (Fsp3) is 0.429. The number of hydrogen-bond acceptors (Lipinski definition) is 1. The third-order valence-corrected chi connectivity index (χ3v) is 3.91. The number of hydrogen-bond donors (Lipinski definition) is 0. The standard InChI is InChI=1S/C14H20OSi/c1-11-5-7-12(8-6-11)14-13(15-14)9-10-16(2,3)4/h5-10,13-14H,1-4H3/b10-9+/t13-,14+/m0/s1. The molecule has 0 radical (unpaired) electrons. The van der Waals surface area contributed by atoms with E-state index in [0.29, 0.717) is 12.2 Å². The fourth-order valence-corrected chi connectivity index (χ4v) is 2.45. The Hall–Kier alpha value is -0.863. The summed E-state index contributed by atoms with van der Waals surface area (Å²) in [5.74, 6) is 0. The van der Waals surface area contributed by atoms with Gasteiger partial charge in [-0.2, -0.15) is 0 Å². The maximum atomic E-state index is 5.67. The normalized spacial score (nSPS) is 25.0. The van der Waals surface area contributed by atoms with Gasteiger partial charge in [-0.1, -0.05) is 61.2 Å². The Labute approximate surface area is 99.2 Å². The lowest BCUT2D eigenvalue weighted by Crippen LogP contribution is -2.15. The van der Waals surface area contributed by atoms with Crippen LogP contribution in [-0.4, -0.2) is 14.2 Å². The first-order chi connectivity index (χ1) is 7.46. The Balaban J connectivity index is 1.97. The molecule has 0 amide bonds. The maximum absolute atomic E-state index is 5.67. The smallest absolute Gasteiger partial charge is 0.113 e. The monoisotopic (exact) mass is 232 g/mol. The molecule has 1 aromatic rings. The van der Waals surface area contributed by atoms with E-state index in [-0.39, 0.29) is 0 Å². The molecule has 86 valence electrons. The van der Waals surface area contributed by atoms with Gasteiger partial charge in [0, 0.05) is 0 Å². The molecule has 2 atom stereocenters. The minimum Gasteiger partial charge on any atom is -0.360 e. The Morgan fingerprint density at radius 3 is 2.31 bits per heavy atom. The summed E-state index contributed by atoms with van der Waals surface area (Å²) in [6.07, 6.45) is 2.86. The summed E-state index contributed by atoms with van der Waals surface area (Å²) in [7, 11) is -1.08. The fourth-order valence-electron chi connectivity index (χ4n) is 1.68.